The summed E-state index contributed by atoms with van der Waals surface area (Å²) in [7, 11) is 0. The van der Waals surface area contributed by atoms with Crippen LogP contribution in [0.25, 0.3) is 5.69 Å². The number of benzene rings is 2. The highest BCUT2D eigenvalue weighted by atomic mass is 16.3. The van der Waals surface area contributed by atoms with E-state index in [1.807, 2.05) is 18.2 Å². The third-order valence-corrected chi connectivity index (χ3v) is 6.52. The smallest absolute Gasteiger partial charge is 0.220 e. The number of hydrogen-bond acceptors (Lipinski definition) is 4. The Labute approximate surface area is 202 Å². The standard InChI is InChI=1S/C28H36N4O2/c1-27(2,3)20-15-18(16-21(26(20)34)28(4,5)6)11-14-25(33)29-17-24-31-30-23-13-12-19-9-7-8-10-22(19)32(23)24/h7-10,15-16,34H,11-14,17H2,1-6H3,(H,29,33). The maximum atomic E-state index is 12.7. The fourth-order valence-corrected chi connectivity index (χ4v) is 4.60. The number of aromatic nitrogens is 3. The normalized spacial score (nSPS) is 13.4. The van der Waals surface area contributed by atoms with Gasteiger partial charge in [0.15, 0.2) is 5.82 Å². The van der Waals surface area contributed by atoms with Gasteiger partial charge in [-0.05, 0) is 52.0 Å². The first-order chi connectivity index (χ1) is 15.9. The number of nitrogens with one attached hydrogen (secondary N) is 1. The summed E-state index contributed by atoms with van der Waals surface area (Å²) >= 11 is 0. The molecule has 1 aliphatic heterocycles. The lowest BCUT2D eigenvalue weighted by molar-refractivity contribution is -0.121. The maximum absolute atomic E-state index is 12.7. The van der Waals surface area contributed by atoms with E-state index in [4.69, 9.17) is 0 Å². The van der Waals surface area contributed by atoms with E-state index in [0.717, 1.165) is 46.9 Å². The number of amides is 1. The zero-order valence-corrected chi connectivity index (χ0v) is 21.2. The zero-order valence-electron chi connectivity index (χ0n) is 21.2. The van der Waals surface area contributed by atoms with Gasteiger partial charge in [0.25, 0.3) is 0 Å². The van der Waals surface area contributed by atoms with Crippen LogP contribution in [-0.2, 0) is 41.4 Å². The molecule has 180 valence electrons. The molecule has 4 rings (SSSR count). The summed E-state index contributed by atoms with van der Waals surface area (Å²) in [5, 5.41) is 22.6. The van der Waals surface area contributed by atoms with E-state index in [1.165, 1.54) is 5.56 Å². The van der Waals surface area contributed by atoms with Gasteiger partial charge in [-0.15, -0.1) is 10.2 Å². The number of para-hydroxylation sites is 1. The van der Waals surface area contributed by atoms with Crippen LogP contribution in [0.3, 0.4) is 0 Å². The van der Waals surface area contributed by atoms with Crippen molar-refractivity contribution < 1.29 is 9.90 Å². The summed E-state index contributed by atoms with van der Waals surface area (Å²) in [6.07, 6.45) is 2.79. The number of carbonyl (C=O) groups is 1. The topological polar surface area (TPSA) is 80.0 Å². The SMILES string of the molecule is CC(C)(C)c1cc(CCC(=O)NCc2nnc3n2-c2ccccc2CC3)cc(C(C)(C)C)c1O. The highest BCUT2D eigenvalue weighted by Gasteiger charge is 2.27. The Balaban J connectivity index is 1.46. The fraction of sp³-hybridized carbons (Fsp3) is 0.464. The molecule has 0 saturated carbocycles. The van der Waals surface area contributed by atoms with Crippen molar-refractivity contribution in [3.8, 4) is 11.4 Å². The molecule has 0 bridgehead atoms. The van der Waals surface area contributed by atoms with E-state index in [-0.39, 0.29) is 16.7 Å². The number of phenols is 1. The molecular formula is C28H36N4O2. The van der Waals surface area contributed by atoms with Crippen LogP contribution in [0, 0.1) is 0 Å². The average Bonchev–Trinajstić information content (AvgIpc) is 3.19. The summed E-state index contributed by atoms with van der Waals surface area (Å²) in [5.41, 5.74) is 4.91. The number of fused-ring (bicyclic) bond motifs is 3. The van der Waals surface area contributed by atoms with Crippen molar-refractivity contribution in [3.05, 3.63) is 70.3 Å². The summed E-state index contributed by atoms with van der Waals surface area (Å²) in [6.45, 7) is 12.9. The molecule has 2 aromatic carbocycles. The van der Waals surface area contributed by atoms with Gasteiger partial charge in [-0.2, -0.15) is 0 Å². The van der Waals surface area contributed by atoms with E-state index >= 15 is 0 Å². The summed E-state index contributed by atoms with van der Waals surface area (Å²) in [6, 6.07) is 12.4. The van der Waals surface area contributed by atoms with E-state index in [0.29, 0.717) is 25.1 Å². The second kappa shape index (κ2) is 8.90. The van der Waals surface area contributed by atoms with E-state index in [1.54, 1.807) is 0 Å². The van der Waals surface area contributed by atoms with Crippen LogP contribution in [0.1, 0.15) is 81.9 Å². The van der Waals surface area contributed by atoms with Crippen molar-refractivity contribution >= 4 is 5.91 Å². The second-order valence-corrected chi connectivity index (χ2v) is 11.3. The largest absolute Gasteiger partial charge is 0.507 e. The third kappa shape index (κ3) is 4.86. The molecule has 3 aromatic rings. The second-order valence-electron chi connectivity index (χ2n) is 11.3. The van der Waals surface area contributed by atoms with Crippen LogP contribution < -0.4 is 5.32 Å². The number of hydrogen-bond donors (Lipinski definition) is 2. The Morgan fingerprint density at radius 2 is 1.65 bits per heavy atom. The molecule has 0 spiro atoms. The highest BCUT2D eigenvalue weighted by molar-refractivity contribution is 5.76. The first-order valence-electron chi connectivity index (χ1n) is 12.1. The van der Waals surface area contributed by atoms with E-state index < -0.39 is 0 Å². The molecule has 34 heavy (non-hydrogen) atoms. The number of carbonyl (C=O) groups excluding carboxylic acids is 1. The van der Waals surface area contributed by atoms with Crippen LogP contribution in [0.4, 0.5) is 0 Å². The van der Waals surface area contributed by atoms with Crippen LogP contribution in [0.5, 0.6) is 5.75 Å². The molecule has 0 atom stereocenters. The molecule has 6 nitrogen and oxygen atoms in total. The Morgan fingerprint density at radius 1 is 1.00 bits per heavy atom. The lowest BCUT2D eigenvalue weighted by atomic mass is 9.78. The Bertz CT molecular complexity index is 1180. The summed E-state index contributed by atoms with van der Waals surface area (Å²) < 4.78 is 2.07. The summed E-state index contributed by atoms with van der Waals surface area (Å²) in [5.74, 6) is 2.04. The van der Waals surface area contributed by atoms with Gasteiger partial charge in [-0.1, -0.05) is 71.9 Å². The molecule has 2 heterocycles. The van der Waals surface area contributed by atoms with Gasteiger partial charge in [0.1, 0.15) is 11.6 Å². The van der Waals surface area contributed by atoms with Gasteiger partial charge in [-0.3, -0.25) is 9.36 Å². The summed E-state index contributed by atoms with van der Waals surface area (Å²) in [4.78, 5) is 12.7. The molecule has 1 aromatic heterocycles. The van der Waals surface area contributed by atoms with Gasteiger partial charge < -0.3 is 10.4 Å². The van der Waals surface area contributed by atoms with Crippen LogP contribution in [-0.4, -0.2) is 25.8 Å². The number of rotatable bonds is 5. The van der Waals surface area contributed by atoms with Crippen molar-refractivity contribution in [1.82, 2.24) is 20.1 Å². The molecule has 0 fully saturated rings. The first-order valence-corrected chi connectivity index (χ1v) is 12.1. The molecule has 0 radical (unpaired) electrons. The molecule has 0 aliphatic carbocycles. The van der Waals surface area contributed by atoms with E-state index in [9.17, 15) is 9.90 Å². The first kappa shape index (κ1) is 24.0. The predicted octanol–water partition coefficient (Wildman–Crippen LogP) is 4.92. The minimum Gasteiger partial charge on any atom is -0.507 e. The quantitative estimate of drug-likeness (QED) is 0.567. The van der Waals surface area contributed by atoms with Crippen molar-refractivity contribution in [2.75, 3.05) is 0 Å². The highest BCUT2D eigenvalue weighted by Crippen LogP contribution is 2.40. The van der Waals surface area contributed by atoms with Crippen molar-refractivity contribution in [1.29, 1.82) is 0 Å². The van der Waals surface area contributed by atoms with Crippen molar-refractivity contribution in [2.45, 2.75) is 84.6 Å². The fourth-order valence-electron chi connectivity index (χ4n) is 4.60. The Morgan fingerprint density at radius 3 is 2.29 bits per heavy atom. The van der Waals surface area contributed by atoms with Crippen molar-refractivity contribution in [3.63, 3.8) is 0 Å². The number of aromatic hydroxyl groups is 1. The van der Waals surface area contributed by atoms with E-state index in [2.05, 4.69) is 79.8 Å². The number of phenolic OH excluding ortho intramolecular Hbond substituents is 1. The minimum absolute atomic E-state index is 0.0239. The lowest BCUT2D eigenvalue weighted by Crippen LogP contribution is -2.26. The Hall–Kier alpha value is -3.15. The number of nitrogens with zero attached hydrogens (tertiary/aromatic N) is 3. The molecule has 6 heteroatoms. The van der Waals surface area contributed by atoms with Gasteiger partial charge >= 0.3 is 0 Å². The number of aryl methyl sites for hydroxylation is 3. The van der Waals surface area contributed by atoms with Crippen LogP contribution >= 0.6 is 0 Å². The zero-order chi connectivity index (χ0) is 24.7. The minimum atomic E-state index is -0.189. The van der Waals surface area contributed by atoms with Gasteiger partial charge in [0.05, 0.1) is 12.2 Å². The molecular weight excluding hydrogens is 424 g/mol. The maximum Gasteiger partial charge on any atom is 0.220 e. The van der Waals surface area contributed by atoms with Crippen LogP contribution in [0.15, 0.2) is 36.4 Å². The molecule has 0 saturated heterocycles. The third-order valence-electron chi connectivity index (χ3n) is 6.52. The van der Waals surface area contributed by atoms with Crippen molar-refractivity contribution in [2.24, 2.45) is 0 Å². The molecule has 1 aliphatic rings. The molecule has 1 amide bonds. The molecule has 2 N–H and O–H groups in total. The van der Waals surface area contributed by atoms with Crippen LogP contribution in [0.2, 0.25) is 0 Å². The van der Waals surface area contributed by atoms with Gasteiger partial charge in [-0.25, -0.2) is 0 Å². The van der Waals surface area contributed by atoms with Gasteiger partial charge in [0, 0.05) is 12.8 Å². The average molecular weight is 461 g/mol. The monoisotopic (exact) mass is 460 g/mol. The molecule has 0 unspecified atom stereocenters. The Kier molecular flexibility index (Phi) is 6.28. The lowest BCUT2D eigenvalue weighted by Gasteiger charge is -2.28. The van der Waals surface area contributed by atoms with Gasteiger partial charge in [0.2, 0.25) is 5.91 Å². The predicted molar refractivity (Wildman–Crippen MR) is 134 cm³/mol.